The molecule has 2 fully saturated rings. The molecule has 0 spiro atoms. The Balaban J connectivity index is 1.93. The molecule has 2 heterocycles. The lowest BCUT2D eigenvalue weighted by Crippen LogP contribution is -2.53. The van der Waals surface area contributed by atoms with E-state index in [9.17, 15) is 14.7 Å². The van der Waals surface area contributed by atoms with Gasteiger partial charge in [-0.3, -0.25) is 0 Å². The van der Waals surface area contributed by atoms with Crippen LogP contribution in [0.25, 0.3) is 0 Å². The molecule has 0 radical (unpaired) electrons. The fourth-order valence-corrected chi connectivity index (χ4v) is 3.02. The first-order valence-electron chi connectivity index (χ1n) is 7.56. The van der Waals surface area contributed by atoms with Crippen LogP contribution >= 0.6 is 0 Å². The fraction of sp³-hybridized carbons (Fsp3) is 0.857. The Kier molecular flexibility index (Phi) is 5.23. The van der Waals surface area contributed by atoms with Gasteiger partial charge in [-0.05, 0) is 45.8 Å². The minimum Gasteiger partial charge on any atom is -0.480 e. The zero-order valence-electron chi connectivity index (χ0n) is 12.2. The van der Waals surface area contributed by atoms with Crippen molar-refractivity contribution in [2.24, 2.45) is 0 Å². The number of hydrogen-bond donors (Lipinski definition) is 2. The molecule has 0 bridgehead atoms. The highest BCUT2D eigenvalue weighted by Gasteiger charge is 2.32. The Bertz CT molecular complexity index is 354. The molecule has 0 aromatic heterocycles. The van der Waals surface area contributed by atoms with Crippen molar-refractivity contribution in [3.05, 3.63) is 0 Å². The highest BCUT2D eigenvalue weighted by molar-refractivity contribution is 5.82. The van der Waals surface area contributed by atoms with E-state index in [1.807, 2.05) is 0 Å². The van der Waals surface area contributed by atoms with E-state index in [2.05, 4.69) is 17.3 Å². The summed E-state index contributed by atoms with van der Waals surface area (Å²) in [6, 6.07) is -0.686. The summed E-state index contributed by atoms with van der Waals surface area (Å²) in [5, 5.41) is 12.3. The van der Waals surface area contributed by atoms with Crippen LogP contribution in [0.2, 0.25) is 0 Å². The maximum Gasteiger partial charge on any atom is 0.326 e. The normalized spacial score (nSPS) is 26.1. The molecule has 2 rings (SSSR count). The molecule has 20 heavy (non-hydrogen) atoms. The minimum atomic E-state index is -0.884. The first-order valence-corrected chi connectivity index (χ1v) is 7.56. The summed E-state index contributed by atoms with van der Waals surface area (Å²) in [4.78, 5) is 27.4. The average Bonchev–Trinajstić information content (AvgIpc) is 2.67. The number of hydrogen-bond acceptors (Lipinski definition) is 3. The first kappa shape index (κ1) is 15.1. The predicted octanol–water partition coefficient (Wildman–Crippen LogP) is 1.12. The summed E-state index contributed by atoms with van der Waals surface area (Å²) >= 11 is 0. The van der Waals surface area contributed by atoms with Gasteiger partial charge in [-0.1, -0.05) is 12.8 Å². The quantitative estimate of drug-likeness (QED) is 0.796. The zero-order valence-corrected chi connectivity index (χ0v) is 12.2. The van der Waals surface area contributed by atoms with E-state index >= 15 is 0 Å². The van der Waals surface area contributed by atoms with Gasteiger partial charge in [-0.25, -0.2) is 9.59 Å². The molecule has 6 nitrogen and oxygen atoms in total. The molecule has 1 unspecified atom stereocenters. The molecule has 2 saturated heterocycles. The number of amides is 2. The van der Waals surface area contributed by atoms with Gasteiger partial charge >= 0.3 is 12.0 Å². The van der Waals surface area contributed by atoms with Gasteiger partial charge in [-0.15, -0.1) is 0 Å². The Hall–Kier alpha value is -1.30. The number of carbonyl (C=O) groups excluding carboxylic acids is 1. The number of rotatable bonds is 2. The van der Waals surface area contributed by atoms with Crippen LogP contribution in [0.3, 0.4) is 0 Å². The second-order valence-electron chi connectivity index (χ2n) is 5.92. The van der Waals surface area contributed by atoms with Gasteiger partial charge in [0.2, 0.25) is 0 Å². The van der Waals surface area contributed by atoms with Crippen LogP contribution in [0.1, 0.15) is 38.5 Å². The SMILES string of the molecule is CN1CCC(NC(=O)N2CCCCCC2C(=O)O)CC1. The number of urea groups is 1. The molecular formula is C14H25N3O3. The van der Waals surface area contributed by atoms with E-state index < -0.39 is 12.0 Å². The van der Waals surface area contributed by atoms with Crippen molar-refractivity contribution in [3.63, 3.8) is 0 Å². The molecule has 2 amide bonds. The Morgan fingerprint density at radius 3 is 2.40 bits per heavy atom. The number of nitrogens with zero attached hydrogens (tertiary/aromatic N) is 2. The summed E-state index contributed by atoms with van der Waals surface area (Å²) in [6.45, 7) is 2.51. The largest absolute Gasteiger partial charge is 0.480 e. The average molecular weight is 283 g/mol. The van der Waals surface area contributed by atoms with Gasteiger partial charge in [0.1, 0.15) is 6.04 Å². The fourth-order valence-electron chi connectivity index (χ4n) is 3.02. The number of likely N-dealkylation sites (tertiary alicyclic amines) is 2. The Labute approximate surface area is 120 Å². The zero-order chi connectivity index (χ0) is 14.5. The van der Waals surface area contributed by atoms with Crippen molar-refractivity contribution >= 4 is 12.0 Å². The minimum absolute atomic E-state index is 0.177. The monoisotopic (exact) mass is 283 g/mol. The second-order valence-corrected chi connectivity index (χ2v) is 5.92. The van der Waals surface area contributed by atoms with Gasteiger partial charge in [-0.2, -0.15) is 0 Å². The summed E-state index contributed by atoms with van der Waals surface area (Å²) in [7, 11) is 2.08. The van der Waals surface area contributed by atoms with Crippen LogP contribution in [0.5, 0.6) is 0 Å². The van der Waals surface area contributed by atoms with E-state index in [0.29, 0.717) is 13.0 Å². The van der Waals surface area contributed by atoms with Crippen molar-refractivity contribution in [2.45, 2.75) is 50.6 Å². The van der Waals surface area contributed by atoms with Gasteiger partial charge in [0.25, 0.3) is 0 Å². The summed E-state index contributed by atoms with van der Waals surface area (Å²) in [5.41, 5.74) is 0. The third-order valence-corrected chi connectivity index (χ3v) is 4.34. The van der Waals surface area contributed by atoms with E-state index in [0.717, 1.165) is 45.2 Å². The lowest BCUT2D eigenvalue weighted by molar-refractivity contribution is -0.142. The number of aliphatic carboxylic acids is 1. The molecule has 114 valence electrons. The van der Waals surface area contributed by atoms with Gasteiger partial charge in [0.15, 0.2) is 0 Å². The van der Waals surface area contributed by atoms with Crippen LogP contribution in [0.15, 0.2) is 0 Å². The van der Waals surface area contributed by atoms with E-state index in [-0.39, 0.29) is 12.1 Å². The van der Waals surface area contributed by atoms with Crippen LogP contribution in [-0.4, -0.2) is 65.7 Å². The number of carbonyl (C=O) groups is 2. The number of piperidine rings is 1. The van der Waals surface area contributed by atoms with Crippen LogP contribution in [0, 0.1) is 0 Å². The van der Waals surface area contributed by atoms with E-state index in [1.165, 1.54) is 4.90 Å². The van der Waals surface area contributed by atoms with Gasteiger partial charge in [0, 0.05) is 12.6 Å². The molecule has 2 aliphatic heterocycles. The Morgan fingerprint density at radius 1 is 1.05 bits per heavy atom. The standard InChI is InChI=1S/C14H25N3O3/c1-16-9-6-11(7-10-16)15-14(20)17-8-4-2-3-5-12(17)13(18)19/h11-12H,2-10H2,1H3,(H,15,20)(H,18,19). The van der Waals surface area contributed by atoms with Gasteiger partial charge < -0.3 is 20.2 Å². The molecule has 0 aromatic rings. The van der Waals surface area contributed by atoms with Crippen molar-refractivity contribution in [3.8, 4) is 0 Å². The predicted molar refractivity (Wildman–Crippen MR) is 75.6 cm³/mol. The number of carboxylic acid groups (broad SMARTS) is 1. The van der Waals surface area contributed by atoms with Crippen molar-refractivity contribution in [2.75, 3.05) is 26.7 Å². The van der Waals surface area contributed by atoms with Crippen LogP contribution in [0.4, 0.5) is 4.79 Å². The van der Waals surface area contributed by atoms with Crippen molar-refractivity contribution < 1.29 is 14.7 Å². The Morgan fingerprint density at radius 2 is 1.75 bits per heavy atom. The van der Waals surface area contributed by atoms with Gasteiger partial charge in [0.05, 0.1) is 0 Å². The summed E-state index contributed by atoms with van der Waals surface area (Å²) in [6.07, 6.45) is 5.22. The van der Waals surface area contributed by atoms with E-state index in [1.54, 1.807) is 0 Å². The third-order valence-electron chi connectivity index (χ3n) is 4.34. The first-order chi connectivity index (χ1) is 9.58. The molecular weight excluding hydrogens is 258 g/mol. The second kappa shape index (κ2) is 6.92. The summed E-state index contributed by atoms with van der Waals surface area (Å²) < 4.78 is 0. The molecule has 6 heteroatoms. The number of nitrogens with one attached hydrogen (secondary N) is 1. The molecule has 0 aromatic carbocycles. The molecule has 2 aliphatic rings. The molecule has 0 saturated carbocycles. The lowest BCUT2D eigenvalue weighted by atomic mass is 10.1. The molecule has 0 aliphatic carbocycles. The topological polar surface area (TPSA) is 72.9 Å². The smallest absolute Gasteiger partial charge is 0.326 e. The third kappa shape index (κ3) is 3.85. The highest BCUT2D eigenvalue weighted by Crippen LogP contribution is 2.18. The van der Waals surface area contributed by atoms with Crippen molar-refractivity contribution in [1.29, 1.82) is 0 Å². The van der Waals surface area contributed by atoms with E-state index in [4.69, 9.17) is 0 Å². The maximum atomic E-state index is 12.4. The van der Waals surface area contributed by atoms with Crippen LogP contribution < -0.4 is 5.32 Å². The maximum absolute atomic E-state index is 12.4. The number of carboxylic acids is 1. The summed E-state index contributed by atoms with van der Waals surface area (Å²) in [5.74, 6) is -0.884. The highest BCUT2D eigenvalue weighted by atomic mass is 16.4. The molecule has 1 atom stereocenters. The lowest BCUT2D eigenvalue weighted by Gasteiger charge is -2.33. The van der Waals surface area contributed by atoms with Crippen LogP contribution in [-0.2, 0) is 4.79 Å². The molecule has 2 N–H and O–H groups in total. The van der Waals surface area contributed by atoms with Crippen molar-refractivity contribution in [1.82, 2.24) is 15.1 Å².